The first-order valence-electron chi connectivity index (χ1n) is 5.94. The molecule has 1 aliphatic carbocycles. The molecule has 0 aromatic carbocycles. The number of methoxy groups -OCH3 is 1. The Morgan fingerprint density at radius 1 is 1.29 bits per heavy atom. The summed E-state index contributed by atoms with van der Waals surface area (Å²) in [5.74, 6) is 1.33. The fraction of sp³-hybridized carbons (Fsp3) is 0.643. The van der Waals surface area contributed by atoms with Crippen LogP contribution in [0.25, 0.3) is 0 Å². The van der Waals surface area contributed by atoms with Crippen LogP contribution in [-0.4, -0.2) is 12.9 Å². The number of Topliss-reactive ketones (excluding diaryl/α,β-unsaturated/α-hetero) is 1. The number of hydrogen-bond donors (Lipinski definition) is 0. The molecule has 0 unspecified atom stereocenters. The minimum Gasteiger partial charge on any atom is -0.456 e. The van der Waals surface area contributed by atoms with Crippen molar-refractivity contribution in [2.75, 3.05) is 7.11 Å². The summed E-state index contributed by atoms with van der Waals surface area (Å²) in [5, 5.41) is 0. The van der Waals surface area contributed by atoms with Crippen LogP contribution < -0.4 is 0 Å². The lowest BCUT2D eigenvalue weighted by Gasteiger charge is -2.03. The Hall–Kier alpha value is -1.09. The first kappa shape index (κ1) is 12.4. The van der Waals surface area contributed by atoms with Gasteiger partial charge in [0.1, 0.15) is 12.4 Å². The predicted molar refractivity (Wildman–Crippen MR) is 64.8 cm³/mol. The van der Waals surface area contributed by atoms with Crippen LogP contribution in [0.5, 0.6) is 0 Å². The topological polar surface area (TPSA) is 39.4 Å². The van der Waals surface area contributed by atoms with Gasteiger partial charge < -0.3 is 9.15 Å². The molecule has 94 valence electrons. The molecule has 1 fully saturated rings. The highest BCUT2D eigenvalue weighted by Gasteiger charge is 2.68. The molecular weight excluding hydrogens is 216 g/mol. The van der Waals surface area contributed by atoms with Crippen molar-refractivity contribution in [3.05, 3.63) is 23.7 Å². The molecule has 17 heavy (non-hydrogen) atoms. The van der Waals surface area contributed by atoms with Gasteiger partial charge in [-0.15, -0.1) is 0 Å². The zero-order valence-corrected chi connectivity index (χ0v) is 11.2. The predicted octanol–water partition coefficient (Wildman–Crippen LogP) is 3.29. The minimum atomic E-state index is 0.0524. The van der Waals surface area contributed by atoms with Crippen molar-refractivity contribution < 1.29 is 13.9 Å². The molecule has 3 heteroatoms. The van der Waals surface area contributed by atoms with Crippen molar-refractivity contribution in [3.63, 3.8) is 0 Å². The lowest BCUT2D eigenvalue weighted by Crippen LogP contribution is -2.06. The minimum absolute atomic E-state index is 0.0524. The van der Waals surface area contributed by atoms with Crippen molar-refractivity contribution in [1.29, 1.82) is 0 Å². The fourth-order valence-electron chi connectivity index (χ4n) is 2.72. The van der Waals surface area contributed by atoms with Crippen molar-refractivity contribution in [2.24, 2.45) is 16.7 Å². The maximum atomic E-state index is 12.3. The summed E-state index contributed by atoms with van der Waals surface area (Å²) in [5.41, 5.74) is 0.108. The molecule has 1 aromatic heterocycles. The molecule has 0 radical (unpaired) electrons. The number of ketones is 1. The monoisotopic (exact) mass is 236 g/mol. The van der Waals surface area contributed by atoms with E-state index < -0.39 is 0 Å². The second kappa shape index (κ2) is 3.70. The molecule has 1 aromatic rings. The Balaban J connectivity index is 2.16. The second-order valence-electron chi connectivity index (χ2n) is 5.94. The van der Waals surface area contributed by atoms with E-state index in [1.165, 1.54) is 0 Å². The number of furan rings is 1. The van der Waals surface area contributed by atoms with E-state index in [1.54, 1.807) is 19.2 Å². The molecule has 0 N–H and O–H groups in total. The zero-order chi connectivity index (χ0) is 12.8. The highest BCUT2D eigenvalue weighted by molar-refractivity contribution is 5.98. The Morgan fingerprint density at radius 3 is 2.35 bits per heavy atom. The maximum Gasteiger partial charge on any atom is 0.202 e. The SMILES string of the molecule is COCc1ccc(C(=O)C2C(C)(C)C2(C)C)o1. The molecule has 1 saturated carbocycles. The number of carbonyl (C=O) groups excluding carboxylic acids is 1. The van der Waals surface area contributed by atoms with E-state index in [4.69, 9.17) is 9.15 Å². The van der Waals surface area contributed by atoms with Crippen LogP contribution in [0.15, 0.2) is 16.5 Å². The maximum absolute atomic E-state index is 12.3. The van der Waals surface area contributed by atoms with Crippen molar-refractivity contribution in [3.8, 4) is 0 Å². The number of rotatable bonds is 4. The normalized spacial score (nSPS) is 21.5. The van der Waals surface area contributed by atoms with E-state index in [2.05, 4.69) is 27.7 Å². The Kier molecular flexibility index (Phi) is 2.69. The first-order valence-corrected chi connectivity index (χ1v) is 5.94. The van der Waals surface area contributed by atoms with E-state index in [-0.39, 0.29) is 22.5 Å². The molecule has 0 atom stereocenters. The molecule has 0 bridgehead atoms. The summed E-state index contributed by atoms with van der Waals surface area (Å²) in [6, 6.07) is 3.56. The fourth-order valence-corrected chi connectivity index (χ4v) is 2.72. The van der Waals surface area contributed by atoms with Gasteiger partial charge in [0.15, 0.2) is 5.76 Å². The van der Waals surface area contributed by atoms with Gasteiger partial charge in [0.25, 0.3) is 0 Å². The van der Waals surface area contributed by atoms with Crippen LogP contribution >= 0.6 is 0 Å². The summed E-state index contributed by atoms with van der Waals surface area (Å²) in [6.07, 6.45) is 0. The molecule has 0 spiro atoms. The van der Waals surface area contributed by atoms with E-state index in [1.807, 2.05) is 0 Å². The van der Waals surface area contributed by atoms with Gasteiger partial charge >= 0.3 is 0 Å². The van der Waals surface area contributed by atoms with Gasteiger partial charge in [0.2, 0.25) is 5.78 Å². The molecule has 3 nitrogen and oxygen atoms in total. The molecule has 0 amide bonds. The van der Waals surface area contributed by atoms with Crippen LogP contribution in [0.3, 0.4) is 0 Å². The van der Waals surface area contributed by atoms with Crippen LogP contribution in [0.1, 0.15) is 44.0 Å². The van der Waals surface area contributed by atoms with E-state index >= 15 is 0 Å². The largest absolute Gasteiger partial charge is 0.456 e. The summed E-state index contributed by atoms with van der Waals surface area (Å²) < 4.78 is 10.5. The van der Waals surface area contributed by atoms with Gasteiger partial charge in [-0.1, -0.05) is 27.7 Å². The van der Waals surface area contributed by atoms with Crippen LogP contribution in [0, 0.1) is 16.7 Å². The molecule has 1 aliphatic rings. The van der Waals surface area contributed by atoms with Crippen molar-refractivity contribution in [1.82, 2.24) is 0 Å². The van der Waals surface area contributed by atoms with Crippen LogP contribution in [-0.2, 0) is 11.3 Å². The van der Waals surface area contributed by atoms with Gasteiger partial charge in [-0.3, -0.25) is 4.79 Å². The summed E-state index contributed by atoms with van der Waals surface area (Å²) in [6.45, 7) is 8.94. The number of carbonyl (C=O) groups is 1. The van der Waals surface area contributed by atoms with Crippen LogP contribution in [0.2, 0.25) is 0 Å². The zero-order valence-electron chi connectivity index (χ0n) is 11.2. The lowest BCUT2D eigenvalue weighted by atomic mass is 10.0. The average molecular weight is 236 g/mol. The van der Waals surface area contributed by atoms with Gasteiger partial charge in [0, 0.05) is 13.0 Å². The Labute approximate surface area is 102 Å². The van der Waals surface area contributed by atoms with Crippen molar-refractivity contribution in [2.45, 2.75) is 34.3 Å². The molecule has 0 saturated heterocycles. The van der Waals surface area contributed by atoms with Gasteiger partial charge in [0.05, 0.1) is 0 Å². The van der Waals surface area contributed by atoms with Crippen LogP contribution in [0.4, 0.5) is 0 Å². The lowest BCUT2D eigenvalue weighted by molar-refractivity contribution is 0.0908. The highest BCUT2D eigenvalue weighted by Crippen LogP contribution is 2.69. The summed E-state index contributed by atoms with van der Waals surface area (Å²) in [4.78, 5) is 12.3. The second-order valence-corrected chi connectivity index (χ2v) is 5.94. The molecular formula is C14H20O3. The quantitative estimate of drug-likeness (QED) is 0.753. The van der Waals surface area contributed by atoms with E-state index in [9.17, 15) is 4.79 Å². The number of ether oxygens (including phenoxy) is 1. The highest BCUT2D eigenvalue weighted by atomic mass is 16.5. The van der Waals surface area contributed by atoms with Gasteiger partial charge in [-0.2, -0.15) is 0 Å². The third kappa shape index (κ3) is 1.73. The third-order valence-electron chi connectivity index (χ3n) is 4.47. The Bertz CT molecular complexity index is 426. The summed E-state index contributed by atoms with van der Waals surface area (Å²) in [7, 11) is 1.61. The van der Waals surface area contributed by atoms with Crippen molar-refractivity contribution >= 4 is 5.78 Å². The summed E-state index contributed by atoms with van der Waals surface area (Å²) >= 11 is 0. The van der Waals surface area contributed by atoms with Gasteiger partial charge in [-0.25, -0.2) is 0 Å². The third-order valence-corrected chi connectivity index (χ3v) is 4.47. The first-order chi connectivity index (χ1) is 7.82. The number of hydrogen-bond acceptors (Lipinski definition) is 3. The molecule has 1 heterocycles. The smallest absolute Gasteiger partial charge is 0.202 e. The van der Waals surface area contributed by atoms with E-state index in [0.717, 1.165) is 0 Å². The van der Waals surface area contributed by atoms with E-state index in [0.29, 0.717) is 18.1 Å². The molecule has 2 rings (SSSR count). The average Bonchev–Trinajstić information content (AvgIpc) is 2.59. The standard InChI is InChI=1S/C14H20O3/c1-13(2)12(14(13,3)4)11(15)10-7-6-9(17-10)8-16-5/h6-7,12H,8H2,1-5H3. The molecule has 0 aliphatic heterocycles. The Morgan fingerprint density at radius 2 is 1.88 bits per heavy atom. The van der Waals surface area contributed by atoms with Gasteiger partial charge in [-0.05, 0) is 23.0 Å².